The Bertz CT molecular complexity index is 488. The van der Waals surface area contributed by atoms with Crippen LogP contribution in [0.15, 0.2) is 28.7 Å². The van der Waals surface area contributed by atoms with Crippen molar-refractivity contribution in [2.24, 2.45) is 0 Å². The molecule has 2 fully saturated rings. The van der Waals surface area contributed by atoms with E-state index in [4.69, 9.17) is 0 Å². The molecule has 1 aliphatic heterocycles. The Hall–Kier alpha value is -0.870. The maximum Gasteiger partial charge on any atom is 0.219 e. The Kier molecular flexibility index (Phi) is 4.65. The van der Waals surface area contributed by atoms with Gasteiger partial charge in [0, 0.05) is 36.6 Å². The van der Waals surface area contributed by atoms with Crippen LogP contribution in [-0.4, -0.2) is 36.0 Å². The molecule has 0 atom stereocenters. The minimum absolute atomic E-state index is 0.215. The smallest absolute Gasteiger partial charge is 0.219 e. The van der Waals surface area contributed by atoms with Crippen molar-refractivity contribution in [1.29, 1.82) is 0 Å². The second-order valence-corrected chi connectivity index (χ2v) is 7.28. The van der Waals surface area contributed by atoms with Gasteiger partial charge in [0.1, 0.15) is 0 Å². The number of hydrogen-bond acceptors (Lipinski definition) is 2. The lowest BCUT2D eigenvalue weighted by atomic mass is 9.75. The van der Waals surface area contributed by atoms with Crippen molar-refractivity contribution >= 4 is 21.8 Å². The first-order valence-corrected chi connectivity index (χ1v) is 8.68. The molecule has 1 saturated carbocycles. The first kappa shape index (κ1) is 15.0. The summed E-state index contributed by atoms with van der Waals surface area (Å²) in [6.45, 7) is 3.49. The molecule has 1 N–H and O–H groups in total. The third-order valence-electron chi connectivity index (χ3n) is 4.89. The summed E-state index contributed by atoms with van der Waals surface area (Å²) in [5, 5.41) is 3.78. The Morgan fingerprint density at radius 1 is 1.14 bits per heavy atom. The number of carbonyl (C=O) groups is 1. The zero-order chi connectivity index (χ0) is 14.8. The molecule has 21 heavy (non-hydrogen) atoms. The van der Waals surface area contributed by atoms with E-state index in [-0.39, 0.29) is 5.91 Å². The molecule has 0 unspecified atom stereocenters. The largest absolute Gasteiger partial charge is 0.343 e. The standard InChI is InChI=1S/C17H23BrN2O/c1-12(21)20-8-6-16(7-9-20)19-17-10-14(11-17)13-2-4-15(18)5-3-13/h2-5,14,16-17,19H,6-11H2,1H3. The second-order valence-electron chi connectivity index (χ2n) is 6.36. The lowest BCUT2D eigenvalue weighted by Crippen LogP contribution is -2.50. The Balaban J connectivity index is 1.41. The summed E-state index contributed by atoms with van der Waals surface area (Å²) in [5.41, 5.74) is 1.46. The van der Waals surface area contributed by atoms with Crippen LogP contribution < -0.4 is 5.32 Å². The predicted octanol–water partition coefficient (Wildman–Crippen LogP) is 3.30. The van der Waals surface area contributed by atoms with Gasteiger partial charge < -0.3 is 10.2 Å². The van der Waals surface area contributed by atoms with Crippen LogP contribution in [0.25, 0.3) is 0 Å². The number of carbonyl (C=O) groups excluding carboxylic acids is 1. The van der Waals surface area contributed by atoms with Crippen LogP contribution in [0.3, 0.4) is 0 Å². The molecule has 1 saturated heterocycles. The number of benzene rings is 1. The Labute approximate surface area is 135 Å². The predicted molar refractivity (Wildman–Crippen MR) is 88.3 cm³/mol. The maximum absolute atomic E-state index is 11.3. The van der Waals surface area contributed by atoms with E-state index in [0.717, 1.165) is 30.4 Å². The summed E-state index contributed by atoms with van der Waals surface area (Å²) < 4.78 is 1.15. The summed E-state index contributed by atoms with van der Waals surface area (Å²) in [7, 11) is 0. The Morgan fingerprint density at radius 2 is 1.76 bits per heavy atom. The molecule has 4 heteroatoms. The summed E-state index contributed by atoms with van der Waals surface area (Å²) >= 11 is 3.49. The molecule has 0 spiro atoms. The van der Waals surface area contributed by atoms with Gasteiger partial charge in [-0.3, -0.25) is 4.79 Å². The number of halogens is 1. The number of piperidine rings is 1. The zero-order valence-electron chi connectivity index (χ0n) is 12.5. The van der Waals surface area contributed by atoms with Crippen molar-refractivity contribution in [2.45, 2.75) is 50.6 Å². The van der Waals surface area contributed by atoms with Gasteiger partial charge in [-0.05, 0) is 49.3 Å². The average Bonchev–Trinajstić information content (AvgIpc) is 2.44. The van der Waals surface area contributed by atoms with Crippen molar-refractivity contribution in [3.63, 3.8) is 0 Å². The molecule has 0 radical (unpaired) electrons. The van der Waals surface area contributed by atoms with Gasteiger partial charge in [0.05, 0.1) is 0 Å². The molecule has 2 aliphatic rings. The quantitative estimate of drug-likeness (QED) is 0.906. The van der Waals surface area contributed by atoms with Crippen molar-refractivity contribution in [3.05, 3.63) is 34.3 Å². The third-order valence-corrected chi connectivity index (χ3v) is 5.42. The fraction of sp³-hybridized carbons (Fsp3) is 0.588. The maximum atomic E-state index is 11.3. The SMILES string of the molecule is CC(=O)N1CCC(NC2CC(c3ccc(Br)cc3)C2)CC1. The van der Waals surface area contributed by atoms with Crippen LogP contribution in [0.1, 0.15) is 44.1 Å². The molecule has 1 aliphatic carbocycles. The molecular weight excluding hydrogens is 328 g/mol. The van der Waals surface area contributed by atoms with Gasteiger partial charge in [0.15, 0.2) is 0 Å². The van der Waals surface area contributed by atoms with Gasteiger partial charge in [-0.25, -0.2) is 0 Å². The normalized spacial score (nSPS) is 26.5. The van der Waals surface area contributed by atoms with Crippen LogP contribution >= 0.6 is 15.9 Å². The topological polar surface area (TPSA) is 32.3 Å². The number of amides is 1. The van der Waals surface area contributed by atoms with Gasteiger partial charge in [0.25, 0.3) is 0 Å². The third kappa shape index (κ3) is 3.67. The van der Waals surface area contributed by atoms with Crippen LogP contribution in [0, 0.1) is 0 Å². The van der Waals surface area contributed by atoms with E-state index in [1.807, 2.05) is 4.90 Å². The zero-order valence-corrected chi connectivity index (χ0v) is 14.1. The van der Waals surface area contributed by atoms with Crippen LogP contribution in [-0.2, 0) is 4.79 Å². The van der Waals surface area contributed by atoms with Gasteiger partial charge in [-0.2, -0.15) is 0 Å². The molecule has 0 bridgehead atoms. The summed E-state index contributed by atoms with van der Waals surface area (Å²) in [6.07, 6.45) is 4.68. The molecule has 3 rings (SSSR count). The average molecular weight is 351 g/mol. The van der Waals surface area contributed by atoms with Crippen LogP contribution in [0.5, 0.6) is 0 Å². The minimum Gasteiger partial charge on any atom is -0.343 e. The molecule has 1 amide bonds. The van der Waals surface area contributed by atoms with E-state index in [0.29, 0.717) is 18.0 Å². The summed E-state index contributed by atoms with van der Waals surface area (Å²) in [4.78, 5) is 13.3. The lowest BCUT2D eigenvalue weighted by molar-refractivity contribution is -0.129. The highest BCUT2D eigenvalue weighted by Gasteiger charge is 2.32. The van der Waals surface area contributed by atoms with E-state index in [1.165, 1.54) is 18.4 Å². The van der Waals surface area contributed by atoms with E-state index in [9.17, 15) is 4.79 Å². The summed E-state index contributed by atoms with van der Waals surface area (Å²) in [6, 6.07) is 9.98. The minimum atomic E-state index is 0.215. The number of rotatable bonds is 3. The molecule has 114 valence electrons. The van der Waals surface area contributed by atoms with Crippen LogP contribution in [0.2, 0.25) is 0 Å². The van der Waals surface area contributed by atoms with Gasteiger partial charge in [-0.15, -0.1) is 0 Å². The number of likely N-dealkylation sites (tertiary alicyclic amines) is 1. The molecule has 0 aromatic heterocycles. The first-order valence-electron chi connectivity index (χ1n) is 7.89. The second kappa shape index (κ2) is 6.49. The molecule has 1 aromatic carbocycles. The van der Waals surface area contributed by atoms with Crippen molar-refractivity contribution in [1.82, 2.24) is 10.2 Å². The number of hydrogen-bond donors (Lipinski definition) is 1. The van der Waals surface area contributed by atoms with Gasteiger partial charge in [-0.1, -0.05) is 28.1 Å². The van der Waals surface area contributed by atoms with Crippen LogP contribution in [0.4, 0.5) is 0 Å². The van der Waals surface area contributed by atoms with Crippen molar-refractivity contribution in [3.8, 4) is 0 Å². The molecule has 1 heterocycles. The van der Waals surface area contributed by atoms with Crippen molar-refractivity contribution in [2.75, 3.05) is 13.1 Å². The fourth-order valence-corrected chi connectivity index (χ4v) is 3.72. The van der Waals surface area contributed by atoms with Gasteiger partial charge >= 0.3 is 0 Å². The Morgan fingerprint density at radius 3 is 2.33 bits per heavy atom. The monoisotopic (exact) mass is 350 g/mol. The molecular formula is C17H23BrN2O. The fourth-order valence-electron chi connectivity index (χ4n) is 3.46. The first-order chi connectivity index (χ1) is 10.1. The number of nitrogens with one attached hydrogen (secondary N) is 1. The number of nitrogens with zero attached hydrogens (tertiary/aromatic N) is 1. The molecule has 1 aromatic rings. The highest BCUT2D eigenvalue weighted by atomic mass is 79.9. The molecule has 3 nitrogen and oxygen atoms in total. The van der Waals surface area contributed by atoms with E-state index in [1.54, 1.807) is 6.92 Å². The van der Waals surface area contributed by atoms with E-state index in [2.05, 4.69) is 45.5 Å². The summed E-state index contributed by atoms with van der Waals surface area (Å²) in [5.74, 6) is 0.931. The van der Waals surface area contributed by atoms with E-state index < -0.39 is 0 Å². The van der Waals surface area contributed by atoms with Gasteiger partial charge in [0.2, 0.25) is 5.91 Å². The van der Waals surface area contributed by atoms with Crippen molar-refractivity contribution < 1.29 is 4.79 Å². The highest BCUT2D eigenvalue weighted by molar-refractivity contribution is 9.10. The lowest BCUT2D eigenvalue weighted by Gasteiger charge is -2.41. The highest BCUT2D eigenvalue weighted by Crippen LogP contribution is 2.37. The van der Waals surface area contributed by atoms with E-state index >= 15 is 0 Å².